The monoisotopic (exact) mass is 452 g/mol. The normalized spacial score (nSPS) is 12.0. The summed E-state index contributed by atoms with van der Waals surface area (Å²) in [5.74, 6) is -0.673. The molecule has 0 radical (unpaired) electrons. The molecule has 0 fully saturated rings. The first-order valence-corrected chi connectivity index (χ1v) is 10.7. The van der Waals surface area contributed by atoms with Gasteiger partial charge in [0.1, 0.15) is 12.0 Å². The molecule has 0 heterocycles. The third kappa shape index (κ3) is 11.6. The topological polar surface area (TPSA) is 123 Å². The minimum absolute atomic E-state index is 0.0518. The molecule has 10 nitrogen and oxygen atoms in total. The van der Waals surface area contributed by atoms with Crippen molar-refractivity contribution in [3.63, 3.8) is 0 Å². The number of ether oxygens (including phenoxy) is 1. The van der Waals surface area contributed by atoms with Crippen LogP contribution in [0.3, 0.4) is 0 Å². The summed E-state index contributed by atoms with van der Waals surface area (Å²) >= 11 is 0. The average Bonchev–Trinajstić information content (AvgIpc) is 2.72. The Morgan fingerprint density at radius 3 is 2.16 bits per heavy atom. The largest absolute Gasteiger partial charge is 0.481 e. The molecular formula is C22H36N4O6. The number of nitrogens with zero attached hydrogens (tertiary/aromatic N) is 3. The van der Waals surface area contributed by atoms with E-state index < -0.39 is 18.3 Å². The Morgan fingerprint density at radius 1 is 1.00 bits per heavy atom. The number of nitrogens with one attached hydrogen (secondary N) is 1. The Bertz CT molecular complexity index is 728. The van der Waals surface area contributed by atoms with E-state index in [0.717, 1.165) is 25.9 Å². The van der Waals surface area contributed by atoms with Gasteiger partial charge in [-0.15, -0.1) is 0 Å². The van der Waals surface area contributed by atoms with Crippen molar-refractivity contribution in [2.45, 2.75) is 38.8 Å². The molecular weight excluding hydrogens is 416 g/mol. The predicted octanol–water partition coefficient (Wildman–Crippen LogP) is 1.90. The fourth-order valence-corrected chi connectivity index (χ4v) is 2.98. The molecule has 0 aliphatic rings. The van der Waals surface area contributed by atoms with E-state index in [1.807, 2.05) is 7.05 Å². The van der Waals surface area contributed by atoms with Crippen molar-refractivity contribution >= 4 is 23.7 Å². The molecule has 180 valence electrons. The Hall–Kier alpha value is -2.69. The SMILES string of the molecule is CC(=O)Nc1ccc(OC(=O)N(C)CCCN(C)CCCN(C)C(O)CCC(=O)O)cc1. The maximum atomic E-state index is 12.2. The Balaban J connectivity index is 2.23. The number of benzene rings is 1. The molecule has 3 N–H and O–H groups in total. The summed E-state index contributed by atoms with van der Waals surface area (Å²) in [7, 11) is 5.46. The fourth-order valence-electron chi connectivity index (χ4n) is 2.98. The first kappa shape index (κ1) is 27.3. The van der Waals surface area contributed by atoms with Gasteiger partial charge in [-0.05, 0) is 70.7 Å². The van der Waals surface area contributed by atoms with Crippen LogP contribution in [-0.2, 0) is 9.59 Å². The quantitative estimate of drug-likeness (QED) is 0.366. The molecule has 0 saturated carbocycles. The van der Waals surface area contributed by atoms with Crippen LogP contribution in [0.5, 0.6) is 5.75 Å². The number of aliphatic carboxylic acids is 1. The summed E-state index contributed by atoms with van der Waals surface area (Å²) < 4.78 is 5.34. The van der Waals surface area contributed by atoms with Crippen molar-refractivity contribution < 1.29 is 29.3 Å². The lowest BCUT2D eigenvalue weighted by Crippen LogP contribution is -2.35. The van der Waals surface area contributed by atoms with Gasteiger partial charge in [0.05, 0.1) is 0 Å². The van der Waals surface area contributed by atoms with E-state index in [2.05, 4.69) is 10.2 Å². The fraction of sp³-hybridized carbons (Fsp3) is 0.591. The minimum atomic E-state index is -0.911. The number of hydrogen-bond acceptors (Lipinski definition) is 7. The maximum Gasteiger partial charge on any atom is 0.414 e. The maximum absolute atomic E-state index is 12.2. The van der Waals surface area contributed by atoms with Crippen LogP contribution in [0.25, 0.3) is 0 Å². The highest BCUT2D eigenvalue weighted by atomic mass is 16.6. The summed E-state index contributed by atoms with van der Waals surface area (Å²) in [4.78, 5) is 39.2. The molecule has 1 unspecified atom stereocenters. The summed E-state index contributed by atoms with van der Waals surface area (Å²) in [5, 5.41) is 21.3. The molecule has 1 aromatic carbocycles. The number of aliphatic hydroxyl groups excluding tert-OH is 1. The number of carbonyl (C=O) groups is 3. The second kappa shape index (κ2) is 14.4. The second-order valence-electron chi connectivity index (χ2n) is 7.90. The minimum Gasteiger partial charge on any atom is -0.481 e. The van der Waals surface area contributed by atoms with E-state index in [1.54, 1.807) is 43.3 Å². The van der Waals surface area contributed by atoms with Gasteiger partial charge in [0.2, 0.25) is 5.91 Å². The van der Waals surface area contributed by atoms with Crippen molar-refractivity contribution in [2.24, 2.45) is 0 Å². The van der Waals surface area contributed by atoms with Crippen LogP contribution in [0.1, 0.15) is 32.6 Å². The first-order chi connectivity index (χ1) is 15.1. The van der Waals surface area contributed by atoms with E-state index in [-0.39, 0.29) is 18.7 Å². The lowest BCUT2D eigenvalue weighted by atomic mass is 10.2. The summed E-state index contributed by atoms with van der Waals surface area (Å²) in [6.07, 6.45) is 0.576. The summed E-state index contributed by atoms with van der Waals surface area (Å²) in [5.41, 5.74) is 0.634. The van der Waals surface area contributed by atoms with Crippen LogP contribution in [0, 0.1) is 0 Å². The van der Waals surface area contributed by atoms with Gasteiger partial charge in [-0.25, -0.2) is 4.79 Å². The summed E-state index contributed by atoms with van der Waals surface area (Å²) in [6.45, 7) is 4.26. The molecule has 2 amide bonds. The van der Waals surface area contributed by atoms with Crippen molar-refractivity contribution in [1.82, 2.24) is 14.7 Å². The Labute approximate surface area is 189 Å². The lowest BCUT2D eigenvalue weighted by molar-refractivity contribution is -0.138. The summed E-state index contributed by atoms with van der Waals surface area (Å²) in [6, 6.07) is 6.59. The predicted molar refractivity (Wildman–Crippen MR) is 122 cm³/mol. The van der Waals surface area contributed by atoms with Crippen molar-refractivity contribution in [2.75, 3.05) is 52.6 Å². The number of anilines is 1. The Kier molecular flexibility index (Phi) is 12.3. The van der Waals surface area contributed by atoms with Gasteiger partial charge in [-0.1, -0.05) is 0 Å². The first-order valence-electron chi connectivity index (χ1n) is 10.7. The molecule has 0 saturated heterocycles. The smallest absolute Gasteiger partial charge is 0.414 e. The number of carboxylic acids is 1. The lowest BCUT2D eigenvalue weighted by Gasteiger charge is -2.24. The number of aliphatic hydroxyl groups is 1. The molecule has 0 aromatic heterocycles. The van der Waals surface area contributed by atoms with Gasteiger partial charge in [0.25, 0.3) is 0 Å². The van der Waals surface area contributed by atoms with E-state index in [1.165, 1.54) is 11.8 Å². The van der Waals surface area contributed by atoms with Gasteiger partial charge in [-0.2, -0.15) is 0 Å². The second-order valence-corrected chi connectivity index (χ2v) is 7.90. The molecule has 0 bridgehead atoms. The highest BCUT2D eigenvalue weighted by Gasteiger charge is 2.14. The molecule has 10 heteroatoms. The van der Waals surface area contributed by atoms with Gasteiger partial charge in [-0.3, -0.25) is 14.5 Å². The number of carbonyl (C=O) groups excluding carboxylic acids is 2. The van der Waals surface area contributed by atoms with E-state index in [4.69, 9.17) is 9.84 Å². The zero-order chi connectivity index (χ0) is 24.1. The molecule has 1 rings (SSSR count). The van der Waals surface area contributed by atoms with Crippen LogP contribution in [0.2, 0.25) is 0 Å². The van der Waals surface area contributed by atoms with Crippen LogP contribution >= 0.6 is 0 Å². The highest BCUT2D eigenvalue weighted by Crippen LogP contribution is 2.16. The van der Waals surface area contributed by atoms with Gasteiger partial charge in [0.15, 0.2) is 0 Å². The third-order valence-corrected chi connectivity index (χ3v) is 4.90. The number of amides is 2. The van der Waals surface area contributed by atoms with Gasteiger partial charge >= 0.3 is 12.1 Å². The molecule has 0 spiro atoms. The van der Waals surface area contributed by atoms with Crippen LogP contribution in [0.4, 0.5) is 10.5 Å². The number of hydrogen-bond donors (Lipinski definition) is 3. The zero-order valence-corrected chi connectivity index (χ0v) is 19.4. The standard InChI is InChI=1S/C22H36N4O6/c1-17(27)23-18-7-9-19(10-8-18)32-22(31)26(4)16-6-14-24(2)13-5-15-25(3)20(28)11-12-21(29)30/h7-10,20,28H,5-6,11-16H2,1-4H3,(H,23,27)(H,29,30). The average molecular weight is 453 g/mol. The number of carboxylic acid groups (broad SMARTS) is 1. The zero-order valence-electron chi connectivity index (χ0n) is 19.4. The number of rotatable bonds is 14. The molecule has 0 aliphatic heterocycles. The molecule has 1 aromatic rings. The van der Waals surface area contributed by atoms with Crippen LogP contribution < -0.4 is 10.1 Å². The van der Waals surface area contributed by atoms with E-state index >= 15 is 0 Å². The van der Waals surface area contributed by atoms with Crippen molar-refractivity contribution in [1.29, 1.82) is 0 Å². The molecule has 1 atom stereocenters. The van der Waals surface area contributed by atoms with E-state index in [9.17, 15) is 19.5 Å². The molecule has 0 aliphatic carbocycles. The van der Waals surface area contributed by atoms with Gasteiger partial charge < -0.3 is 30.1 Å². The van der Waals surface area contributed by atoms with Crippen molar-refractivity contribution in [3.05, 3.63) is 24.3 Å². The van der Waals surface area contributed by atoms with Crippen molar-refractivity contribution in [3.8, 4) is 5.75 Å². The van der Waals surface area contributed by atoms with Crippen LogP contribution in [-0.4, -0.2) is 96.4 Å². The Morgan fingerprint density at radius 2 is 1.59 bits per heavy atom. The third-order valence-electron chi connectivity index (χ3n) is 4.90. The highest BCUT2D eigenvalue weighted by molar-refractivity contribution is 5.88. The van der Waals surface area contributed by atoms with E-state index in [0.29, 0.717) is 24.5 Å². The molecule has 32 heavy (non-hydrogen) atoms. The van der Waals surface area contributed by atoms with Crippen LogP contribution in [0.15, 0.2) is 24.3 Å². The van der Waals surface area contributed by atoms with Gasteiger partial charge in [0, 0.05) is 39.2 Å².